The van der Waals surface area contributed by atoms with Gasteiger partial charge in [-0.2, -0.15) is 0 Å². The highest BCUT2D eigenvalue weighted by molar-refractivity contribution is 5.69. The maximum Gasteiger partial charge on any atom is 0.231 e. The maximum absolute atomic E-state index is 5.81. The van der Waals surface area contributed by atoms with E-state index in [2.05, 4.69) is 108 Å². The van der Waals surface area contributed by atoms with Crippen LogP contribution in [-0.2, 0) is 19.6 Å². The van der Waals surface area contributed by atoms with Gasteiger partial charge in [-0.15, -0.1) is 0 Å². The third-order valence-electron chi connectivity index (χ3n) is 9.05. The van der Waals surface area contributed by atoms with E-state index in [0.29, 0.717) is 0 Å². The van der Waals surface area contributed by atoms with E-state index in [1.54, 1.807) is 0 Å². The lowest BCUT2D eigenvalue weighted by Crippen LogP contribution is -2.30. The van der Waals surface area contributed by atoms with Crippen LogP contribution in [0.3, 0.4) is 0 Å². The van der Waals surface area contributed by atoms with Crippen LogP contribution in [0, 0.1) is 0 Å². The third kappa shape index (κ3) is 6.72. The Labute approximate surface area is 277 Å². The molecule has 4 aromatic carbocycles. The number of hydrogen-bond donors (Lipinski definition) is 0. The van der Waals surface area contributed by atoms with Crippen molar-refractivity contribution < 1.29 is 18.9 Å². The van der Waals surface area contributed by atoms with Gasteiger partial charge in [0, 0.05) is 30.8 Å². The Morgan fingerprint density at radius 2 is 1.21 bits per heavy atom. The maximum atomic E-state index is 5.81. The summed E-state index contributed by atoms with van der Waals surface area (Å²) in [5, 5.41) is 0. The Hall–Kier alpha value is -4.75. The van der Waals surface area contributed by atoms with Crippen molar-refractivity contribution in [1.29, 1.82) is 0 Å². The normalized spacial score (nSPS) is 13.8. The Bertz CT molecular complexity index is 1730. The van der Waals surface area contributed by atoms with Crippen LogP contribution in [0.4, 0.5) is 0 Å². The number of imidazole rings is 1. The largest absolute Gasteiger partial charge is 0.454 e. The molecule has 1 aromatic heterocycles. The Balaban J connectivity index is 1.39. The molecule has 0 aliphatic carbocycles. The van der Waals surface area contributed by atoms with Gasteiger partial charge in [0.05, 0.1) is 17.4 Å². The van der Waals surface area contributed by atoms with E-state index in [-0.39, 0.29) is 19.6 Å². The molecule has 0 N–H and O–H groups in total. The van der Waals surface area contributed by atoms with Crippen molar-refractivity contribution in [1.82, 2.24) is 14.5 Å². The molecule has 1 unspecified atom stereocenters. The number of aromatic nitrogens is 2. The molecular weight excluding hydrogens is 586 g/mol. The third-order valence-corrected chi connectivity index (χ3v) is 9.05. The predicted octanol–water partition coefficient (Wildman–Crippen LogP) is 9.41. The number of nitrogens with zero attached hydrogens (tertiary/aromatic N) is 3. The number of unbranched alkanes of at least 4 members (excludes halogenated alkanes) is 2. The number of rotatable bonds is 14. The smallest absolute Gasteiger partial charge is 0.231 e. The van der Waals surface area contributed by atoms with Gasteiger partial charge in [0.2, 0.25) is 13.6 Å². The second kappa shape index (κ2) is 14.3. The van der Waals surface area contributed by atoms with E-state index in [4.69, 9.17) is 23.9 Å². The fourth-order valence-corrected chi connectivity index (χ4v) is 6.68. The molecule has 0 fully saturated rings. The van der Waals surface area contributed by atoms with Crippen LogP contribution in [0.5, 0.6) is 23.0 Å². The Morgan fingerprint density at radius 1 is 0.660 bits per heavy atom. The van der Waals surface area contributed by atoms with Crippen molar-refractivity contribution in [2.24, 2.45) is 0 Å². The van der Waals surface area contributed by atoms with Crippen LogP contribution >= 0.6 is 0 Å². The quantitative estimate of drug-likeness (QED) is 0.122. The lowest BCUT2D eigenvalue weighted by atomic mass is 9.97. The van der Waals surface area contributed by atoms with Crippen LogP contribution in [0.15, 0.2) is 97.1 Å². The standard InChI is InChI=1S/C40H43N3O4/c1-3-5-17-33(39-38(31-13-9-7-10-14-31)41-40(43(39)22-6-4-2)32-15-11-8-12-16-32)42(25-29-18-20-34-36(23-29)46-27-44-34)26-30-19-21-35-37(24-30)47-28-45-35/h7-16,18-21,23-24,33H,3-6,17,22,25-28H2,1-2H3. The molecule has 47 heavy (non-hydrogen) atoms. The van der Waals surface area contributed by atoms with E-state index in [9.17, 15) is 0 Å². The number of benzene rings is 4. The zero-order valence-corrected chi connectivity index (χ0v) is 27.4. The molecule has 1 atom stereocenters. The summed E-state index contributed by atoms with van der Waals surface area (Å²) in [5.74, 6) is 4.24. The van der Waals surface area contributed by atoms with Crippen LogP contribution < -0.4 is 18.9 Å². The second-order valence-electron chi connectivity index (χ2n) is 12.3. The molecular formula is C40H43N3O4. The van der Waals surface area contributed by atoms with Crippen molar-refractivity contribution in [2.75, 3.05) is 13.6 Å². The van der Waals surface area contributed by atoms with Crippen molar-refractivity contribution in [3.05, 3.63) is 114 Å². The highest BCUT2D eigenvalue weighted by Crippen LogP contribution is 2.41. The molecule has 3 heterocycles. The summed E-state index contributed by atoms with van der Waals surface area (Å²) in [6.07, 6.45) is 5.37. The minimum atomic E-state index is 0.0859. The number of hydrogen-bond acceptors (Lipinski definition) is 6. The summed E-state index contributed by atoms with van der Waals surface area (Å²) < 4.78 is 25.4. The van der Waals surface area contributed by atoms with Gasteiger partial charge in [0.25, 0.3) is 0 Å². The number of ether oxygens (including phenoxy) is 4. The zero-order chi connectivity index (χ0) is 32.0. The summed E-state index contributed by atoms with van der Waals surface area (Å²) in [5.41, 5.74) is 6.98. The summed E-state index contributed by atoms with van der Waals surface area (Å²) in [4.78, 5) is 8.10. The van der Waals surface area contributed by atoms with Gasteiger partial charge in [0.15, 0.2) is 23.0 Å². The Kier molecular flexibility index (Phi) is 9.43. The molecule has 2 aliphatic heterocycles. The first-order valence-electron chi connectivity index (χ1n) is 16.9. The highest BCUT2D eigenvalue weighted by atomic mass is 16.7. The molecule has 0 saturated heterocycles. The lowest BCUT2D eigenvalue weighted by molar-refractivity contribution is 0.159. The van der Waals surface area contributed by atoms with E-state index in [1.807, 2.05) is 12.1 Å². The van der Waals surface area contributed by atoms with Crippen LogP contribution in [0.2, 0.25) is 0 Å². The first kappa shape index (κ1) is 30.9. The first-order valence-corrected chi connectivity index (χ1v) is 16.9. The van der Waals surface area contributed by atoms with Crippen molar-refractivity contribution in [3.8, 4) is 45.6 Å². The van der Waals surface area contributed by atoms with Gasteiger partial charge in [-0.05, 0) is 48.2 Å². The average Bonchev–Trinajstić information content (AvgIpc) is 3.87. The van der Waals surface area contributed by atoms with Crippen LogP contribution in [0.1, 0.15) is 68.8 Å². The topological polar surface area (TPSA) is 58.0 Å². The summed E-state index contributed by atoms with van der Waals surface area (Å²) in [6, 6.07) is 34.1. The van der Waals surface area contributed by atoms with Crippen molar-refractivity contribution >= 4 is 0 Å². The first-order chi connectivity index (χ1) is 23.2. The molecule has 242 valence electrons. The van der Waals surface area contributed by atoms with E-state index in [1.165, 1.54) is 16.8 Å². The molecule has 0 amide bonds. The molecule has 0 radical (unpaired) electrons. The highest BCUT2D eigenvalue weighted by Gasteiger charge is 2.31. The molecule has 7 heteroatoms. The van der Waals surface area contributed by atoms with Gasteiger partial charge in [-0.25, -0.2) is 4.98 Å². The monoisotopic (exact) mass is 629 g/mol. The summed E-state index contributed by atoms with van der Waals surface area (Å²) in [7, 11) is 0. The second-order valence-corrected chi connectivity index (χ2v) is 12.3. The van der Waals surface area contributed by atoms with Crippen molar-refractivity contribution in [2.45, 2.75) is 71.6 Å². The Morgan fingerprint density at radius 3 is 1.79 bits per heavy atom. The molecule has 7 rings (SSSR count). The SMILES string of the molecule is CCCCC(c1c(-c2ccccc2)nc(-c2ccccc2)n1CCCC)N(Cc1ccc2c(c1)OCO2)Cc1ccc2c(c1)OCO2. The molecule has 0 bridgehead atoms. The zero-order valence-electron chi connectivity index (χ0n) is 27.4. The van der Waals surface area contributed by atoms with Gasteiger partial charge in [-0.3, -0.25) is 4.90 Å². The van der Waals surface area contributed by atoms with E-state index < -0.39 is 0 Å². The van der Waals surface area contributed by atoms with Crippen molar-refractivity contribution in [3.63, 3.8) is 0 Å². The molecule has 5 aromatic rings. The van der Waals surface area contributed by atoms with Gasteiger partial charge >= 0.3 is 0 Å². The van der Waals surface area contributed by atoms with Gasteiger partial charge < -0.3 is 23.5 Å². The fraction of sp³-hybridized carbons (Fsp3) is 0.325. The average molecular weight is 630 g/mol. The van der Waals surface area contributed by atoms with E-state index >= 15 is 0 Å². The molecule has 0 spiro atoms. The predicted molar refractivity (Wildman–Crippen MR) is 185 cm³/mol. The minimum Gasteiger partial charge on any atom is -0.454 e. The van der Waals surface area contributed by atoms with Crippen LogP contribution in [0.25, 0.3) is 22.6 Å². The molecule has 0 saturated carbocycles. The summed E-state index contributed by atoms with van der Waals surface area (Å²) in [6.45, 7) is 7.42. The molecule has 2 aliphatic rings. The van der Waals surface area contributed by atoms with Crippen LogP contribution in [-0.4, -0.2) is 28.0 Å². The van der Waals surface area contributed by atoms with Gasteiger partial charge in [-0.1, -0.05) is 106 Å². The summed E-state index contributed by atoms with van der Waals surface area (Å²) >= 11 is 0. The minimum absolute atomic E-state index is 0.0859. The number of fused-ring (bicyclic) bond motifs is 2. The fourth-order valence-electron chi connectivity index (χ4n) is 6.68. The van der Waals surface area contributed by atoms with Gasteiger partial charge in [0.1, 0.15) is 5.82 Å². The van der Waals surface area contributed by atoms with E-state index in [0.717, 1.165) is 97.4 Å². The lowest BCUT2D eigenvalue weighted by Gasteiger charge is -2.34. The molecule has 7 nitrogen and oxygen atoms in total.